The number of hydrogen-bond donors (Lipinski definition) is 1. The molecule has 1 unspecified atom stereocenters. The van der Waals surface area contributed by atoms with Crippen LogP contribution in [-0.2, 0) is 0 Å². The van der Waals surface area contributed by atoms with Gasteiger partial charge in [0.25, 0.3) is 0 Å². The monoisotopic (exact) mass is 368 g/mol. The third-order valence-electron chi connectivity index (χ3n) is 3.02. The summed E-state index contributed by atoms with van der Waals surface area (Å²) in [5, 5.41) is 3.59. The summed E-state index contributed by atoms with van der Waals surface area (Å²) in [5.74, 6) is 0.841. The average Bonchev–Trinajstić information content (AvgIpc) is 2.92. The van der Waals surface area contributed by atoms with Gasteiger partial charge in [-0.1, -0.05) is 13.8 Å². The van der Waals surface area contributed by atoms with E-state index in [-0.39, 0.29) is 6.04 Å². The lowest BCUT2D eigenvalue weighted by Crippen LogP contribution is -2.22. The van der Waals surface area contributed by atoms with Gasteiger partial charge in [-0.25, -0.2) is 0 Å². The Balaban J connectivity index is 2.23. The summed E-state index contributed by atoms with van der Waals surface area (Å²) in [5.41, 5.74) is 1.14. The van der Waals surface area contributed by atoms with Crippen LogP contribution in [0.5, 0.6) is 5.75 Å². The Morgan fingerprint density at radius 1 is 1.29 bits per heavy atom. The number of rotatable bonds is 8. The highest BCUT2D eigenvalue weighted by Gasteiger charge is 2.16. The highest BCUT2D eigenvalue weighted by atomic mass is 79.9. The fourth-order valence-corrected chi connectivity index (χ4v) is 3.57. The van der Waals surface area contributed by atoms with Crippen LogP contribution in [0.1, 0.15) is 43.2 Å². The normalized spacial score (nSPS) is 12.3. The topological polar surface area (TPSA) is 34.2 Å². The second-order valence-electron chi connectivity index (χ2n) is 4.83. The van der Waals surface area contributed by atoms with E-state index < -0.39 is 0 Å². The Morgan fingerprint density at radius 2 is 2.14 bits per heavy atom. The first kappa shape index (κ1) is 16.5. The van der Waals surface area contributed by atoms with Gasteiger partial charge in [0.05, 0.1) is 22.6 Å². The smallest absolute Gasteiger partial charge is 0.137 e. The van der Waals surface area contributed by atoms with Gasteiger partial charge in [0.15, 0.2) is 0 Å². The molecule has 2 rings (SSSR count). The van der Waals surface area contributed by atoms with Crippen molar-refractivity contribution in [2.75, 3.05) is 13.2 Å². The number of halogens is 1. The second kappa shape index (κ2) is 8.51. The van der Waals surface area contributed by atoms with Crippen molar-refractivity contribution in [3.8, 4) is 5.75 Å². The maximum atomic E-state index is 5.70. The van der Waals surface area contributed by atoms with Crippen LogP contribution < -0.4 is 10.1 Å². The molecule has 21 heavy (non-hydrogen) atoms. The largest absolute Gasteiger partial charge is 0.492 e. The molecule has 3 nitrogen and oxygen atoms in total. The molecule has 1 N–H and O–H groups in total. The summed E-state index contributed by atoms with van der Waals surface area (Å²) in [6.45, 7) is 5.97. The molecule has 114 valence electrons. The third kappa shape index (κ3) is 4.80. The molecule has 0 aromatic carbocycles. The van der Waals surface area contributed by atoms with Crippen LogP contribution in [0.25, 0.3) is 0 Å². The van der Waals surface area contributed by atoms with Gasteiger partial charge in [-0.05, 0) is 59.1 Å². The molecule has 0 aliphatic carbocycles. The average molecular weight is 369 g/mol. The van der Waals surface area contributed by atoms with Gasteiger partial charge in [-0.3, -0.25) is 4.98 Å². The van der Waals surface area contributed by atoms with Crippen molar-refractivity contribution in [2.24, 2.45) is 0 Å². The summed E-state index contributed by atoms with van der Waals surface area (Å²) >= 11 is 5.29. The van der Waals surface area contributed by atoms with Crippen LogP contribution in [0.2, 0.25) is 0 Å². The molecule has 0 aliphatic rings. The molecule has 0 spiro atoms. The lowest BCUT2D eigenvalue weighted by molar-refractivity contribution is 0.315. The summed E-state index contributed by atoms with van der Waals surface area (Å²) in [6.07, 6.45) is 5.79. The Labute approximate surface area is 138 Å². The minimum Gasteiger partial charge on any atom is -0.492 e. The van der Waals surface area contributed by atoms with E-state index in [9.17, 15) is 0 Å². The molecule has 0 radical (unpaired) electrons. The van der Waals surface area contributed by atoms with Crippen LogP contribution in [0, 0.1) is 0 Å². The van der Waals surface area contributed by atoms with Crippen molar-refractivity contribution in [1.82, 2.24) is 10.3 Å². The standard InChI is InChI=1S/C16H21BrN2OS/c1-3-7-19-16(14-5-6-15(17)21-14)12-9-13(11-18-10-12)20-8-4-2/h5-6,9-11,16,19H,3-4,7-8H2,1-2H3. The number of thiophene rings is 1. The lowest BCUT2D eigenvalue weighted by Gasteiger charge is -2.18. The SMILES string of the molecule is CCCNC(c1cncc(OCCC)c1)c1ccc(Br)s1. The van der Waals surface area contributed by atoms with Crippen LogP contribution in [0.4, 0.5) is 0 Å². The fraction of sp³-hybridized carbons (Fsp3) is 0.438. The van der Waals surface area contributed by atoms with E-state index in [0.29, 0.717) is 0 Å². The van der Waals surface area contributed by atoms with Crippen molar-refractivity contribution >= 4 is 27.3 Å². The minimum absolute atomic E-state index is 0.166. The molecule has 0 saturated heterocycles. The highest BCUT2D eigenvalue weighted by molar-refractivity contribution is 9.11. The summed E-state index contributed by atoms with van der Waals surface area (Å²) < 4.78 is 6.84. The molecule has 2 aromatic heterocycles. The van der Waals surface area contributed by atoms with Gasteiger partial charge in [0, 0.05) is 11.1 Å². The maximum Gasteiger partial charge on any atom is 0.137 e. The van der Waals surface area contributed by atoms with Crippen molar-refractivity contribution < 1.29 is 4.74 Å². The zero-order valence-electron chi connectivity index (χ0n) is 12.4. The fourth-order valence-electron chi connectivity index (χ4n) is 2.05. The second-order valence-corrected chi connectivity index (χ2v) is 7.33. The number of ether oxygens (including phenoxy) is 1. The Bertz CT molecular complexity index is 559. The van der Waals surface area contributed by atoms with Crippen molar-refractivity contribution in [2.45, 2.75) is 32.7 Å². The first-order chi connectivity index (χ1) is 10.2. The molecule has 1 atom stereocenters. The van der Waals surface area contributed by atoms with Crippen LogP contribution in [0.3, 0.4) is 0 Å². The minimum atomic E-state index is 0.166. The van der Waals surface area contributed by atoms with Gasteiger partial charge >= 0.3 is 0 Å². The molecule has 2 heterocycles. The quantitative estimate of drug-likeness (QED) is 0.727. The van der Waals surface area contributed by atoms with Gasteiger partial charge in [0.2, 0.25) is 0 Å². The first-order valence-electron chi connectivity index (χ1n) is 7.31. The third-order valence-corrected chi connectivity index (χ3v) is 4.71. The molecular weight excluding hydrogens is 348 g/mol. The Morgan fingerprint density at radius 3 is 2.81 bits per heavy atom. The van der Waals surface area contributed by atoms with Gasteiger partial charge in [-0.2, -0.15) is 0 Å². The van der Waals surface area contributed by atoms with E-state index in [4.69, 9.17) is 4.74 Å². The van der Waals surface area contributed by atoms with E-state index in [1.807, 2.05) is 6.20 Å². The zero-order valence-corrected chi connectivity index (χ0v) is 14.8. The molecule has 0 saturated carbocycles. The van der Waals surface area contributed by atoms with Crippen LogP contribution in [-0.4, -0.2) is 18.1 Å². The number of nitrogens with zero attached hydrogens (tertiary/aromatic N) is 1. The van der Waals surface area contributed by atoms with Crippen molar-refractivity contribution in [3.63, 3.8) is 0 Å². The maximum absolute atomic E-state index is 5.70. The Hall–Kier alpha value is -0.910. The number of pyridine rings is 1. The summed E-state index contributed by atoms with van der Waals surface area (Å²) in [6, 6.07) is 6.50. The summed E-state index contributed by atoms with van der Waals surface area (Å²) in [4.78, 5) is 5.61. The van der Waals surface area contributed by atoms with Crippen molar-refractivity contribution in [3.05, 3.63) is 44.8 Å². The van der Waals surface area contributed by atoms with Crippen LogP contribution >= 0.6 is 27.3 Å². The predicted octanol–water partition coefficient (Wildman–Crippen LogP) is 4.78. The molecule has 0 amide bonds. The van der Waals surface area contributed by atoms with E-state index in [1.54, 1.807) is 17.5 Å². The van der Waals surface area contributed by atoms with E-state index >= 15 is 0 Å². The van der Waals surface area contributed by atoms with E-state index in [0.717, 1.165) is 41.1 Å². The number of hydrogen-bond acceptors (Lipinski definition) is 4. The predicted molar refractivity (Wildman–Crippen MR) is 92.2 cm³/mol. The molecule has 5 heteroatoms. The lowest BCUT2D eigenvalue weighted by atomic mass is 10.1. The molecule has 0 aliphatic heterocycles. The first-order valence-corrected chi connectivity index (χ1v) is 8.92. The van der Waals surface area contributed by atoms with Crippen LogP contribution in [0.15, 0.2) is 34.4 Å². The molecule has 0 bridgehead atoms. The number of nitrogens with one attached hydrogen (secondary N) is 1. The van der Waals surface area contributed by atoms with E-state index in [1.165, 1.54) is 4.88 Å². The number of aromatic nitrogens is 1. The molecular formula is C16H21BrN2OS. The Kier molecular flexibility index (Phi) is 6.67. The zero-order chi connectivity index (χ0) is 15.1. The van der Waals surface area contributed by atoms with Gasteiger partial charge in [-0.15, -0.1) is 11.3 Å². The highest BCUT2D eigenvalue weighted by Crippen LogP contribution is 2.32. The summed E-state index contributed by atoms with van der Waals surface area (Å²) in [7, 11) is 0. The van der Waals surface area contributed by atoms with Gasteiger partial charge in [0.1, 0.15) is 5.75 Å². The van der Waals surface area contributed by atoms with Crippen molar-refractivity contribution in [1.29, 1.82) is 0 Å². The molecule has 2 aromatic rings. The van der Waals surface area contributed by atoms with E-state index in [2.05, 4.69) is 58.3 Å². The van der Waals surface area contributed by atoms with Gasteiger partial charge < -0.3 is 10.1 Å². The molecule has 0 fully saturated rings.